The summed E-state index contributed by atoms with van der Waals surface area (Å²) in [5, 5.41) is -6.63. The highest BCUT2D eigenvalue weighted by molar-refractivity contribution is 7.91. The van der Waals surface area contributed by atoms with E-state index >= 15 is 0 Å². The quantitative estimate of drug-likeness (QED) is 0.0801. The molecule has 0 amide bonds. The van der Waals surface area contributed by atoms with E-state index in [1.165, 1.54) is 48.5 Å². The summed E-state index contributed by atoms with van der Waals surface area (Å²) in [6.07, 6.45) is -25.4. The maximum absolute atomic E-state index is 15.0. The van der Waals surface area contributed by atoms with Gasteiger partial charge in [-0.05, 0) is 17.5 Å². The number of nitrogens with zero attached hydrogens (tertiary/aromatic N) is 1. The van der Waals surface area contributed by atoms with Crippen LogP contribution in [-0.4, -0.2) is 105 Å². The monoisotopic (exact) mass is 847 g/mol. The molecule has 1 aliphatic heterocycles. The predicted molar refractivity (Wildman–Crippen MR) is 174 cm³/mol. The third kappa shape index (κ3) is 9.87. The van der Waals surface area contributed by atoms with Crippen LogP contribution in [0.1, 0.15) is 51.7 Å². The highest BCUT2D eigenvalue weighted by Gasteiger charge is 2.74. The van der Waals surface area contributed by atoms with Crippen LogP contribution in [0.5, 0.6) is 0 Å². The summed E-state index contributed by atoms with van der Waals surface area (Å²) in [5.41, 5.74) is -0.378. The molecule has 2 aromatic carbocycles. The molecule has 5 atom stereocenters. The number of hydrogen-bond donors (Lipinski definition) is 0. The zero-order valence-electron chi connectivity index (χ0n) is 30.0. The molecular weight excluding hydrogens is 814 g/mol. The number of halogens is 8. The number of carbonyl (C=O) groups excluding carboxylic acids is 4. The lowest BCUT2D eigenvalue weighted by Gasteiger charge is -2.44. The van der Waals surface area contributed by atoms with Gasteiger partial charge in [-0.2, -0.15) is 47.9 Å². The molecule has 3 unspecified atom stereocenters. The molecular formula is C34H33F8NO13S. The molecule has 1 heterocycles. The Kier molecular flexibility index (Phi) is 13.4. The van der Waals surface area contributed by atoms with E-state index in [-0.39, 0.29) is 22.3 Å². The van der Waals surface area contributed by atoms with Gasteiger partial charge in [-0.25, -0.2) is 4.74 Å². The Balaban J connectivity index is 1.50. The molecule has 4 rings (SSSR count). The van der Waals surface area contributed by atoms with E-state index < -0.39 is 120 Å². The van der Waals surface area contributed by atoms with Crippen molar-refractivity contribution in [1.29, 1.82) is 0 Å². The number of sulfonamides is 1. The number of benzene rings is 2. The predicted octanol–water partition coefficient (Wildman–Crippen LogP) is 5.14. The average Bonchev–Trinajstić information content (AvgIpc) is 3.39. The lowest BCUT2D eigenvalue weighted by molar-refractivity contribution is -0.456. The second kappa shape index (κ2) is 17.0. The number of alkyl halides is 8. The molecule has 57 heavy (non-hydrogen) atoms. The first-order chi connectivity index (χ1) is 26.3. The third-order valence-corrected chi connectivity index (χ3v) is 9.38. The van der Waals surface area contributed by atoms with Crippen LogP contribution in [-0.2, 0) is 62.4 Å². The first-order valence-electron chi connectivity index (χ1n) is 16.5. The number of hydrogen-bond acceptors (Lipinski definition) is 13. The summed E-state index contributed by atoms with van der Waals surface area (Å²) in [7, 11) is -6.84. The summed E-state index contributed by atoms with van der Waals surface area (Å²) in [6.45, 7) is 1.85. The van der Waals surface area contributed by atoms with Crippen molar-refractivity contribution in [2.75, 3.05) is 13.2 Å². The van der Waals surface area contributed by atoms with Crippen molar-refractivity contribution in [1.82, 2.24) is 0 Å². The van der Waals surface area contributed by atoms with Gasteiger partial charge in [0.05, 0.1) is 12.3 Å². The van der Waals surface area contributed by atoms with Crippen LogP contribution in [0.4, 0.5) is 35.1 Å². The highest BCUT2D eigenvalue weighted by atomic mass is 32.2. The summed E-state index contributed by atoms with van der Waals surface area (Å²) in [5.74, 6) is -9.70. The molecule has 2 aliphatic rings. The standard InChI is InChI=1S/C34H33F8NO13S/c1-17(44)51-16-25-27(52-18(2)45)28(53-19(3)46)29(54-20(4)47)30(55-25)50-15-9-14-31(35,36)32(37,38)56-33(39,40)34(41,42)57(48,49)43-26-23-12-7-5-10-21(23)22-11-6-8-13-24(22)26/h5-8,10-13,25,27-30H,9,14-16H2,1-4H3/t25?,27-,28?,29?,30-/m1/s1. The molecule has 0 N–H and O–H groups in total. The van der Waals surface area contributed by atoms with E-state index in [1.807, 2.05) is 0 Å². The Hall–Kier alpha value is -4.74. The zero-order valence-corrected chi connectivity index (χ0v) is 30.8. The van der Waals surface area contributed by atoms with Crippen molar-refractivity contribution >= 4 is 39.6 Å². The number of fused-ring (bicyclic) bond motifs is 3. The van der Waals surface area contributed by atoms with Gasteiger partial charge >= 0.3 is 57.3 Å². The van der Waals surface area contributed by atoms with Gasteiger partial charge in [-0.15, -0.1) is 0 Å². The van der Waals surface area contributed by atoms with Gasteiger partial charge in [-0.1, -0.05) is 48.5 Å². The van der Waals surface area contributed by atoms with Crippen molar-refractivity contribution in [3.05, 3.63) is 59.7 Å². The molecule has 2 aromatic rings. The van der Waals surface area contributed by atoms with E-state index in [4.69, 9.17) is 28.4 Å². The lowest BCUT2D eigenvalue weighted by atomic mass is 9.98. The van der Waals surface area contributed by atoms with Gasteiger partial charge in [0.2, 0.25) is 0 Å². The van der Waals surface area contributed by atoms with Crippen LogP contribution >= 0.6 is 0 Å². The summed E-state index contributed by atoms with van der Waals surface area (Å²) < 4.78 is 180. The average molecular weight is 848 g/mol. The maximum Gasteiger partial charge on any atom is 0.455 e. The Bertz CT molecular complexity index is 1950. The van der Waals surface area contributed by atoms with Gasteiger partial charge < -0.3 is 28.4 Å². The molecule has 14 nitrogen and oxygen atoms in total. The Morgan fingerprint density at radius 3 is 1.65 bits per heavy atom. The van der Waals surface area contributed by atoms with Crippen LogP contribution in [0.2, 0.25) is 0 Å². The second-order valence-electron chi connectivity index (χ2n) is 12.4. The SMILES string of the molecule is CC(=O)OCC1O[C@@H](OCCCC(F)(F)C(F)(F)OC(F)(F)C(F)(F)S(=O)(=O)N=C2c3ccccc3-c3ccccc32)C(OC(C)=O)C(OC(C)=O)[C@@H]1OC(C)=O. The Morgan fingerprint density at radius 2 is 1.16 bits per heavy atom. The molecule has 0 spiro atoms. The van der Waals surface area contributed by atoms with Crippen molar-refractivity contribution in [3.63, 3.8) is 0 Å². The number of ether oxygens (including phenoxy) is 7. The Morgan fingerprint density at radius 1 is 0.684 bits per heavy atom. The summed E-state index contributed by atoms with van der Waals surface area (Å²) in [4.78, 5) is 47.1. The smallest absolute Gasteiger partial charge is 0.455 e. The second-order valence-corrected chi connectivity index (χ2v) is 14.1. The summed E-state index contributed by atoms with van der Waals surface area (Å²) >= 11 is 0. The van der Waals surface area contributed by atoms with Crippen LogP contribution in [0.15, 0.2) is 52.9 Å². The van der Waals surface area contributed by atoms with Crippen LogP contribution in [0.25, 0.3) is 11.1 Å². The molecule has 0 aromatic heterocycles. The molecule has 314 valence electrons. The van der Waals surface area contributed by atoms with Crippen LogP contribution < -0.4 is 0 Å². The largest absolute Gasteiger partial charge is 0.463 e. The third-order valence-electron chi connectivity index (χ3n) is 8.08. The highest BCUT2D eigenvalue weighted by Crippen LogP contribution is 2.49. The fourth-order valence-corrected chi connectivity index (χ4v) is 6.57. The number of rotatable bonds is 16. The van der Waals surface area contributed by atoms with Crippen molar-refractivity contribution in [3.8, 4) is 11.1 Å². The fourth-order valence-electron chi connectivity index (χ4n) is 5.68. The van der Waals surface area contributed by atoms with E-state index in [0.29, 0.717) is 0 Å². The zero-order chi connectivity index (χ0) is 42.7. The number of esters is 4. The molecule has 1 aliphatic carbocycles. The first kappa shape index (κ1) is 45.0. The fraction of sp³-hybridized carbons (Fsp3) is 0.500. The minimum Gasteiger partial charge on any atom is -0.463 e. The minimum atomic E-state index is -6.84. The maximum atomic E-state index is 15.0. The Labute approximate surface area is 318 Å². The molecule has 0 saturated carbocycles. The first-order valence-corrected chi connectivity index (χ1v) is 17.9. The lowest BCUT2D eigenvalue weighted by Crippen LogP contribution is -2.63. The minimum absolute atomic E-state index is 0.0924. The van der Waals surface area contributed by atoms with Gasteiger partial charge in [0.15, 0.2) is 24.6 Å². The van der Waals surface area contributed by atoms with E-state index in [0.717, 1.165) is 27.7 Å². The van der Waals surface area contributed by atoms with Gasteiger partial charge in [0.1, 0.15) is 12.7 Å². The van der Waals surface area contributed by atoms with Crippen molar-refractivity contribution in [2.24, 2.45) is 4.40 Å². The topological polar surface area (TPSA) is 179 Å². The molecule has 23 heteroatoms. The van der Waals surface area contributed by atoms with Gasteiger partial charge in [0.25, 0.3) is 0 Å². The van der Waals surface area contributed by atoms with Crippen LogP contribution in [0, 0.1) is 0 Å². The van der Waals surface area contributed by atoms with Crippen molar-refractivity contribution < 1.29 is 95.9 Å². The molecule has 1 saturated heterocycles. The molecule has 1 fully saturated rings. The van der Waals surface area contributed by atoms with E-state index in [9.17, 15) is 62.7 Å². The van der Waals surface area contributed by atoms with E-state index in [2.05, 4.69) is 9.13 Å². The van der Waals surface area contributed by atoms with E-state index in [1.54, 1.807) is 0 Å². The molecule has 0 bridgehead atoms. The van der Waals surface area contributed by atoms with Crippen LogP contribution in [0.3, 0.4) is 0 Å². The van der Waals surface area contributed by atoms with Gasteiger partial charge in [-0.3, -0.25) is 19.2 Å². The summed E-state index contributed by atoms with van der Waals surface area (Å²) in [6, 6.07) is 11.0. The number of carbonyl (C=O) groups is 4. The normalized spacial score (nSPS) is 21.2. The van der Waals surface area contributed by atoms with Gasteiger partial charge in [0, 0.05) is 45.2 Å². The molecule has 0 radical (unpaired) electrons. The van der Waals surface area contributed by atoms with Crippen molar-refractivity contribution in [2.45, 2.75) is 94.6 Å².